The minimum atomic E-state index is -1.26. The van der Waals surface area contributed by atoms with Gasteiger partial charge in [0.1, 0.15) is 11.3 Å². The summed E-state index contributed by atoms with van der Waals surface area (Å²) < 4.78 is 5.41. The predicted molar refractivity (Wildman–Crippen MR) is 182 cm³/mol. The van der Waals surface area contributed by atoms with Crippen LogP contribution in [0.2, 0.25) is 5.02 Å². The number of pyridine rings is 1. The molecule has 0 radical (unpaired) electrons. The number of amides is 1. The number of anilines is 4. The van der Waals surface area contributed by atoms with Gasteiger partial charge < -0.3 is 15.5 Å². The minimum Gasteiger partial charge on any atom is -0.497 e. The van der Waals surface area contributed by atoms with Crippen LogP contribution in [0.5, 0.6) is 5.75 Å². The molecule has 1 amide bonds. The Kier molecular flexibility index (Phi) is 6.34. The molecule has 0 saturated carbocycles. The standard InChI is InChI=1S/C37H31ClN6O3/c1-47-24-15-12-21(13-16-24)34(45)33-32(31-11-6-18-43(31)37(33)26-20-23(38)14-17-28(26)40-36(37)46)25-19-22-7-2-3-8-27(22)39-35(25)44-30-10-5-4-9-29(30)41-42-44/h2-5,7-10,12-17,19-20,31-33,41-42H,6,11,18H2,1H3,(H,40,46). The van der Waals surface area contributed by atoms with E-state index in [1.54, 1.807) is 37.4 Å². The van der Waals surface area contributed by atoms with Gasteiger partial charge in [-0.2, -0.15) is 0 Å². The van der Waals surface area contributed by atoms with Crippen LogP contribution >= 0.6 is 11.6 Å². The number of carbonyl (C=O) groups excluding carboxylic acids is 2. The van der Waals surface area contributed by atoms with Gasteiger partial charge in [0.2, 0.25) is 5.91 Å². The first-order chi connectivity index (χ1) is 23.0. The molecule has 2 fully saturated rings. The smallest absolute Gasteiger partial charge is 0.250 e. The molecule has 9 rings (SSSR count). The number of benzene rings is 4. The van der Waals surface area contributed by atoms with Crippen molar-refractivity contribution in [3.63, 3.8) is 0 Å². The summed E-state index contributed by atoms with van der Waals surface area (Å²) in [6.07, 6.45) is 1.73. The average molecular weight is 643 g/mol. The van der Waals surface area contributed by atoms with Gasteiger partial charge in [-0.15, -0.1) is 5.53 Å². The number of Topliss-reactive ketones (excluding diaryl/α,β-unsaturated/α-hetero) is 1. The van der Waals surface area contributed by atoms with Crippen molar-refractivity contribution in [2.45, 2.75) is 30.3 Å². The van der Waals surface area contributed by atoms with Crippen molar-refractivity contribution >= 4 is 57.1 Å². The first kappa shape index (κ1) is 28.3. The lowest BCUT2D eigenvalue weighted by molar-refractivity contribution is -0.127. The normalized spacial score (nSPS) is 24.3. The van der Waals surface area contributed by atoms with Crippen LogP contribution in [-0.2, 0) is 10.3 Å². The highest BCUT2D eigenvalue weighted by molar-refractivity contribution is 6.31. The lowest BCUT2D eigenvalue weighted by atomic mass is 9.68. The van der Waals surface area contributed by atoms with Crippen molar-refractivity contribution < 1.29 is 14.3 Å². The molecule has 1 aromatic heterocycles. The molecule has 47 heavy (non-hydrogen) atoms. The Morgan fingerprint density at radius 1 is 0.979 bits per heavy atom. The van der Waals surface area contributed by atoms with Gasteiger partial charge in [-0.25, -0.2) is 9.99 Å². The molecular formula is C37H31ClN6O3. The number of carbonyl (C=O) groups is 2. The molecule has 5 aromatic rings. The summed E-state index contributed by atoms with van der Waals surface area (Å²) in [4.78, 5) is 37.4. The Morgan fingerprint density at radius 2 is 1.79 bits per heavy atom. The van der Waals surface area contributed by atoms with Crippen molar-refractivity contribution in [2.75, 3.05) is 29.4 Å². The van der Waals surface area contributed by atoms with Crippen molar-refractivity contribution in [2.24, 2.45) is 5.92 Å². The van der Waals surface area contributed by atoms with Crippen LogP contribution < -0.4 is 26.0 Å². The first-order valence-corrected chi connectivity index (χ1v) is 16.2. The van der Waals surface area contributed by atoms with E-state index in [-0.39, 0.29) is 23.7 Å². The van der Waals surface area contributed by atoms with Crippen LogP contribution in [0.15, 0.2) is 97.1 Å². The highest BCUT2D eigenvalue weighted by Gasteiger charge is 2.69. The highest BCUT2D eigenvalue weighted by atomic mass is 35.5. The second-order valence-corrected chi connectivity index (χ2v) is 13.0. The van der Waals surface area contributed by atoms with E-state index in [0.717, 1.165) is 46.2 Å². The number of aromatic nitrogens is 1. The summed E-state index contributed by atoms with van der Waals surface area (Å²) in [5, 5.41) is 6.59. The fourth-order valence-electron chi connectivity index (χ4n) is 8.48. The van der Waals surface area contributed by atoms with Crippen LogP contribution in [0.25, 0.3) is 10.9 Å². The highest BCUT2D eigenvalue weighted by Crippen LogP contribution is 2.62. The number of rotatable bonds is 5. The van der Waals surface area contributed by atoms with E-state index in [1.807, 2.05) is 65.7 Å². The van der Waals surface area contributed by atoms with Crippen LogP contribution in [0.1, 0.15) is 40.2 Å². The van der Waals surface area contributed by atoms with E-state index in [0.29, 0.717) is 34.4 Å². The Labute approximate surface area is 276 Å². The number of nitrogens with one attached hydrogen (secondary N) is 3. The molecule has 2 saturated heterocycles. The molecule has 4 unspecified atom stereocenters. The van der Waals surface area contributed by atoms with Gasteiger partial charge in [0.15, 0.2) is 11.6 Å². The molecule has 234 valence electrons. The maximum absolute atomic E-state index is 15.2. The molecule has 5 heterocycles. The fraction of sp³-hybridized carbons (Fsp3) is 0.216. The van der Waals surface area contributed by atoms with E-state index in [9.17, 15) is 4.79 Å². The molecule has 1 spiro atoms. The number of ketones is 1. The largest absolute Gasteiger partial charge is 0.497 e. The Bertz CT molecular complexity index is 2100. The number of fused-ring (bicyclic) bond motifs is 6. The lowest BCUT2D eigenvalue weighted by Crippen LogP contribution is -2.52. The number of hydrogen-bond acceptors (Lipinski definition) is 8. The molecule has 0 bridgehead atoms. The van der Waals surface area contributed by atoms with Gasteiger partial charge in [-0.1, -0.05) is 41.9 Å². The number of nitrogens with zero attached hydrogens (tertiary/aromatic N) is 3. The Hall–Kier alpha value is -4.96. The topological polar surface area (TPSA) is 98.8 Å². The molecule has 4 aromatic carbocycles. The monoisotopic (exact) mass is 642 g/mol. The zero-order valence-electron chi connectivity index (χ0n) is 25.5. The summed E-state index contributed by atoms with van der Waals surface area (Å²) in [5.74, 6) is -0.132. The summed E-state index contributed by atoms with van der Waals surface area (Å²) in [5.41, 5.74) is 10.9. The minimum absolute atomic E-state index is 0.106. The van der Waals surface area contributed by atoms with Crippen molar-refractivity contribution in [3.8, 4) is 5.75 Å². The molecule has 3 N–H and O–H groups in total. The van der Waals surface area contributed by atoms with E-state index in [4.69, 9.17) is 21.3 Å². The summed E-state index contributed by atoms with van der Waals surface area (Å²) in [6, 6.07) is 30.8. The molecule has 10 heteroatoms. The second-order valence-electron chi connectivity index (χ2n) is 12.6. The van der Waals surface area contributed by atoms with E-state index >= 15 is 4.79 Å². The maximum Gasteiger partial charge on any atom is 0.250 e. The number of para-hydroxylation sites is 3. The lowest BCUT2D eigenvalue weighted by Gasteiger charge is -2.37. The number of halogens is 1. The molecule has 4 aliphatic heterocycles. The third-order valence-electron chi connectivity index (χ3n) is 10.4. The van der Waals surface area contributed by atoms with Gasteiger partial charge in [0.25, 0.3) is 0 Å². The van der Waals surface area contributed by atoms with Gasteiger partial charge in [0.05, 0.1) is 29.9 Å². The molecular weight excluding hydrogens is 612 g/mol. The summed E-state index contributed by atoms with van der Waals surface area (Å²) in [7, 11) is 1.60. The third-order valence-corrected chi connectivity index (χ3v) is 10.6. The average Bonchev–Trinajstić information content (AvgIpc) is 3.87. The maximum atomic E-state index is 15.2. The Balaban J connectivity index is 1.32. The number of methoxy groups -OCH3 is 1. The van der Waals surface area contributed by atoms with Crippen LogP contribution in [0, 0.1) is 5.92 Å². The quantitative estimate of drug-likeness (QED) is 0.180. The van der Waals surface area contributed by atoms with Gasteiger partial charge in [0, 0.05) is 44.7 Å². The summed E-state index contributed by atoms with van der Waals surface area (Å²) in [6.45, 7) is 0.676. The van der Waals surface area contributed by atoms with Crippen molar-refractivity contribution in [1.29, 1.82) is 0 Å². The molecule has 0 aliphatic carbocycles. The molecule has 4 atom stereocenters. The predicted octanol–water partition coefficient (Wildman–Crippen LogP) is 6.79. The second kappa shape index (κ2) is 10.5. The Morgan fingerprint density at radius 3 is 2.64 bits per heavy atom. The van der Waals surface area contributed by atoms with Crippen molar-refractivity contribution in [1.82, 2.24) is 15.4 Å². The fourth-order valence-corrected chi connectivity index (χ4v) is 8.65. The van der Waals surface area contributed by atoms with Crippen LogP contribution in [0.3, 0.4) is 0 Å². The first-order valence-electron chi connectivity index (χ1n) is 15.9. The number of ether oxygens (including phenoxy) is 1. The van der Waals surface area contributed by atoms with Crippen LogP contribution in [0.4, 0.5) is 22.9 Å². The zero-order valence-corrected chi connectivity index (χ0v) is 26.3. The summed E-state index contributed by atoms with van der Waals surface area (Å²) >= 11 is 6.64. The third kappa shape index (κ3) is 4.00. The molecule has 9 nitrogen and oxygen atoms in total. The zero-order chi connectivity index (χ0) is 31.9. The molecule has 4 aliphatic rings. The van der Waals surface area contributed by atoms with Crippen LogP contribution in [-0.4, -0.2) is 41.3 Å². The van der Waals surface area contributed by atoms with E-state index in [2.05, 4.69) is 27.2 Å². The van der Waals surface area contributed by atoms with Gasteiger partial charge in [-0.05, 0) is 86.1 Å². The van der Waals surface area contributed by atoms with Gasteiger partial charge >= 0.3 is 0 Å². The number of hydrogen-bond donors (Lipinski definition) is 3. The number of hydrazine groups is 2. The van der Waals surface area contributed by atoms with E-state index in [1.165, 1.54) is 0 Å². The SMILES string of the molecule is COc1ccc(C(=O)C2C(c3cc4ccccc4nc3N3NNc4ccccc43)C3CCCN3C23C(=O)Nc2ccc(Cl)cc23)cc1. The van der Waals surface area contributed by atoms with Crippen molar-refractivity contribution in [3.05, 3.63) is 119 Å². The van der Waals surface area contributed by atoms with E-state index < -0.39 is 11.5 Å². The van der Waals surface area contributed by atoms with Gasteiger partial charge in [-0.3, -0.25) is 14.5 Å².